The lowest BCUT2D eigenvalue weighted by molar-refractivity contribution is 0.114. The molecule has 1 fully saturated rings. The molecule has 0 N–H and O–H groups in total. The van der Waals surface area contributed by atoms with E-state index in [0.29, 0.717) is 6.10 Å². The molecule has 0 aliphatic carbocycles. The highest BCUT2D eigenvalue weighted by atomic mass is 32.1. The molecule has 3 nitrogen and oxygen atoms in total. The fraction of sp³-hybridized carbons (Fsp3) is 0.556. The maximum atomic E-state index is 5.81. The Labute approximate surface area is 147 Å². The third-order valence-electron chi connectivity index (χ3n) is 4.16. The predicted molar refractivity (Wildman–Crippen MR) is 99.2 cm³/mol. The second-order valence-electron chi connectivity index (χ2n) is 6.45. The van der Waals surface area contributed by atoms with Crippen molar-refractivity contribution in [3.8, 4) is 0 Å². The van der Waals surface area contributed by atoms with E-state index >= 15 is 0 Å². The van der Waals surface area contributed by atoms with Crippen LogP contribution in [0.15, 0.2) is 29.0 Å². The average molecular weight is 351 g/mol. The van der Waals surface area contributed by atoms with Gasteiger partial charge in [0, 0.05) is 42.5 Å². The Morgan fingerprint density at radius 1 is 1.17 bits per heavy atom. The third-order valence-corrected chi connectivity index (χ3v) is 6.05. The van der Waals surface area contributed by atoms with Crippen LogP contribution < -0.4 is 0 Å². The van der Waals surface area contributed by atoms with E-state index in [1.165, 1.54) is 28.2 Å². The Morgan fingerprint density at radius 2 is 2.09 bits per heavy atom. The molecular weight excluding hydrogens is 324 g/mol. The van der Waals surface area contributed by atoms with Gasteiger partial charge in [-0.1, -0.05) is 0 Å². The van der Waals surface area contributed by atoms with Gasteiger partial charge in [0.15, 0.2) is 0 Å². The number of ether oxygens (including phenoxy) is 1. The summed E-state index contributed by atoms with van der Waals surface area (Å²) in [6.45, 7) is 5.17. The molecule has 0 aromatic carbocycles. The van der Waals surface area contributed by atoms with Crippen LogP contribution in [-0.4, -0.2) is 43.6 Å². The molecule has 1 unspecified atom stereocenters. The van der Waals surface area contributed by atoms with Crippen LogP contribution in [-0.2, 0) is 17.8 Å². The normalized spacial score (nSPS) is 18.3. The van der Waals surface area contributed by atoms with Crippen LogP contribution in [0.3, 0.4) is 0 Å². The van der Waals surface area contributed by atoms with Gasteiger partial charge in [-0.05, 0) is 61.5 Å². The molecule has 0 spiro atoms. The number of hydrogen-bond acceptors (Lipinski definition) is 5. The van der Waals surface area contributed by atoms with Gasteiger partial charge in [0.05, 0.1) is 6.10 Å². The van der Waals surface area contributed by atoms with Crippen molar-refractivity contribution >= 4 is 22.7 Å². The molecule has 1 atom stereocenters. The maximum Gasteiger partial charge on any atom is 0.0917 e. The number of hydrogen-bond donors (Lipinski definition) is 0. The number of nitrogens with zero attached hydrogens (tertiary/aromatic N) is 2. The van der Waals surface area contributed by atoms with Crippen molar-refractivity contribution < 1.29 is 4.74 Å². The van der Waals surface area contributed by atoms with E-state index in [-0.39, 0.29) is 0 Å². The number of thiophene rings is 2. The summed E-state index contributed by atoms with van der Waals surface area (Å²) >= 11 is 3.71. The van der Waals surface area contributed by atoms with Crippen molar-refractivity contribution in [1.82, 2.24) is 9.80 Å². The van der Waals surface area contributed by atoms with Gasteiger partial charge >= 0.3 is 0 Å². The molecule has 5 heteroatoms. The predicted octanol–water partition coefficient (Wildman–Crippen LogP) is 4.22. The highest BCUT2D eigenvalue weighted by Gasteiger charge is 2.20. The van der Waals surface area contributed by atoms with Crippen molar-refractivity contribution in [3.63, 3.8) is 0 Å². The summed E-state index contributed by atoms with van der Waals surface area (Å²) in [6.07, 6.45) is 2.73. The van der Waals surface area contributed by atoms with E-state index in [2.05, 4.69) is 52.9 Å². The average Bonchev–Trinajstić information content (AvgIpc) is 3.26. The van der Waals surface area contributed by atoms with E-state index in [1.807, 2.05) is 11.3 Å². The fourth-order valence-corrected chi connectivity index (χ4v) is 4.67. The Bertz CT molecular complexity index is 574. The van der Waals surface area contributed by atoms with Crippen molar-refractivity contribution in [2.45, 2.75) is 32.0 Å². The van der Waals surface area contributed by atoms with E-state index < -0.39 is 0 Å². The van der Waals surface area contributed by atoms with E-state index in [1.54, 1.807) is 11.3 Å². The maximum absolute atomic E-state index is 5.81. The molecule has 0 radical (unpaired) electrons. The zero-order valence-corrected chi connectivity index (χ0v) is 15.7. The minimum atomic E-state index is 0.348. The second-order valence-corrected chi connectivity index (χ2v) is 8.43. The Morgan fingerprint density at radius 3 is 2.78 bits per heavy atom. The minimum Gasteiger partial charge on any atom is -0.373 e. The fourth-order valence-electron chi connectivity index (χ4n) is 2.87. The molecule has 0 amide bonds. The second kappa shape index (κ2) is 8.40. The van der Waals surface area contributed by atoms with Crippen molar-refractivity contribution in [1.29, 1.82) is 0 Å². The van der Waals surface area contributed by atoms with Gasteiger partial charge in [0.2, 0.25) is 0 Å². The van der Waals surface area contributed by atoms with Crippen LogP contribution in [0.2, 0.25) is 0 Å². The zero-order valence-electron chi connectivity index (χ0n) is 14.0. The van der Waals surface area contributed by atoms with Gasteiger partial charge in [0.25, 0.3) is 0 Å². The van der Waals surface area contributed by atoms with Crippen LogP contribution in [0.5, 0.6) is 0 Å². The smallest absolute Gasteiger partial charge is 0.0917 e. The molecule has 1 aliphatic heterocycles. The Kier molecular flexibility index (Phi) is 6.25. The summed E-state index contributed by atoms with van der Waals surface area (Å²) in [7, 11) is 4.28. The molecule has 1 aliphatic rings. The summed E-state index contributed by atoms with van der Waals surface area (Å²) in [5.41, 5.74) is 1.42. The first-order valence-corrected chi connectivity index (χ1v) is 10.0. The highest BCUT2D eigenvalue weighted by molar-refractivity contribution is 7.12. The van der Waals surface area contributed by atoms with Gasteiger partial charge in [-0.2, -0.15) is 11.3 Å². The Hall–Kier alpha value is -0.720. The molecule has 3 rings (SSSR count). The van der Waals surface area contributed by atoms with Gasteiger partial charge in [-0.25, -0.2) is 0 Å². The minimum absolute atomic E-state index is 0.348. The largest absolute Gasteiger partial charge is 0.373 e. The van der Waals surface area contributed by atoms with Crippen LogP contribution in [0.25, 0.3) is 0 Å². The first-order valence-electron chi connectivity index (χ1n) is 8.29. The molecule has 23 heavy (non-hydrogen) atoms. The van der Waals surface area contributed by atoms with Crippen LogP contribution >= 0.6 is 22.7 Å². The monoisotopic (exact) mass is 350 g/mol. The summed E-state index contributed by atoms with van der Waals surface area (Å²) in [6, 6.07) is 6.79. The lowest BCUT2D eigenvalue weighted by Gasteiger charge is -2.23. The molecule has 1 saturated heterocycles. The quantitative estimate of drug-likeness (QED) is 0.709. The van der Waals surface area contributed by atoms with Crippen molar-refractivity contribution in [3.05, 3.63) is 44.3 Å². The van der Waals surface area contributed by atoms with Crippen LogP contribution in [0.4, 0.5) is 0 Å². The summed E-state index contributed by atoms with van der Waals surface area (Å²) in [5.74, 6) is 0. The first-order chi connectivity index (χ1) is 11.2. The van der Waals surface area contributed by atoms with Crippen LogP contribution in [0, 0.1) is 0 Å². The van der Waals surface area contributed by atoms with Gasteiger partial charge in [-0.15, -0.1) is 11.3 Å². The topological polar surface area (TPSA) is 15.7 Å². The van der Waals surface area contributed by atoms with E-state index in [9.17, 15) is 0 Å². The number of likely N-dealkylation sites (N-methyl/N-ethyl adjacent to an activating group) is 1. The molecule has 0 saturated carbocycles. The van der Waals surface area contributed by atoms with Gasteiger partial charge < -0.3 is 9.64 Å². The lowest BCUT2D eigenvalue weighted by Crippen LogP contribution is -2.30. The molecule has 0 bridgehead atoms. The van der Waals surface area contributed by atoms with E-state index in [4.69, 9.17) is 4.74 Å². The van der Waals surface area contributed by atoms with Gasteiger partial charge in [0.1, 0.15) is 0 Å². The van der Waals surface area contributed by atoms with Crippen LogP contribution in [0.1, 0.15) is 34.3 Å². The summed E-state index contributed by atoms with van der Waals surface area (Å²) in [4.78, 5) is 7.66. The highest BCUT2D eigenvalue weighted by Crippen LogP contribution is 2.33. The third kappa shape index (κ3) is 5.13. The summed E-state index contributed by atoms with van der Waals surface area (Å²) < 4.78 is 5.81. The molecule has 3 heterocycles. The SMILES string of the molecule is CN(C)CCN(Cc1ccsc1)Cc1ccc(C2CCCO2)s1. The first kappa shape index (κ1) is 17.1. The standard InChI is InChI=1S/C18H26N2OS2/c1-19(2)8-9-20(12-15-7-11-22-14-15)13-16-5-6-18(23-16)17-4-3-10-21-17/h5-7,11,14,17H,3-4,8-10,12-13H2,1-2H3. The zero-order chi connectivity index (χ0) is 16.1. The van der Waals surface area contributed by atoms with E-state index in [0.717, 1.165) is 32.8 Å². The van der Waals surface area contributed by atoms with Crippen molar-refractivity contribution in [2.75, 3.05) is 33.8 Å². The lowest BCUT2D eigenvalue weighted by atomic mass is 10.2. The summed E-state index contributed by atoms with van der Waals surface area (Å²) in [5, 5.41) is 4.43. The number of rotatable bonds is 8. The molecule has 126 valence electrons. The van der Waals surface area contributed by atoms with Crippen molar-refractivity contribution in [2.24, 2.45) is 0 Å². The molecule has 2 aromatic rings. The molecule has 2 aromatic heterocycles. The van der Waals surface area contributed by atoms with Gasteiger partial charge in [-0.3, -0.25) is 4.90 Å². The molecular formula is C18H26N2OS2. The Balaban J connectivity index is 1.62.